The quantitative estimate of drug-likeness (QED) is 0.0182. The van der Waals surface area contributed by atoms with Gasteiger partial charge >= 0.3 is 438 Å². The van der Waals surface area contributed by atoms with Crippen LogP contribution >= 0.6 is 7.82 Å². The summed E-state index contributed by atoms with van der Waals surface area (Å²) in [4.78, 5) is 25.6. The van der Waals surface area contributed by atoms with Gasteiger partial charge in [0.2, 0.25) is 0 Å². The van der Waals surface area contributed by atoms with Crippen molar-refractivity contribution in [3.05, 3.63) is 0 Å². The van der Waals surface area contributed by atoms with Crippen LogP contribution in [0.5, 0.6) is 0 Å². The minimum absolute atomic E-state index is 0.318. The van der Waals surface area contributed by atoms with E-state index in [9.17, 15) is 0 Å². The molecular formula is C66H144N6Na3O4P. The Morgan fingerprint density at radius 2 is 0.425 bits per heavy atom. The molecule has 0 radical (unpaired) electrons. The Labute approximate surface area is 557 Å². The monoisotopic (exact) mass is 1190 g/mol. The molecule has 0 fully saturated rings. The number of phosphoric acid groups is 1. The smallest absolute Gasteiger partial charge is 0.159 e. The molecule has 0 amide bonds. The van der Waals surface area contributed by atoms with E-state index in [0.717, 1.165) is 13.4 Å². The van der Waals surface area contributed by atoms with Gasteiger partial charge in [-0.2, -0.15) is 7.82 Å². The first kappa shape index (κ1) is 89.3. The fourth-order valence-electron chi connectivity index (χ4n) is 12.4. The van der Waals surface area contributed by atoms with Gasteiger partial charge in [-0.1, -0.05) is 97.8 Å². The number of nitrogens with zero attached hydrogens (tertiary/aromatic N) is 3. The Morgan fingerprint density at radius 3 is 0.537 bits per heavy atom. The average Bonchev–Trinajstić information content (AvgIpc) is 3.38. The first-order valence-electron chi connectivity index (χ1n) is 35.2. The number of rotatable bonds is 54. The van der Waals surface area contributed by atoms with E-state index < -0.39 is 7.82 Å². The predicted octanol–water partition coefficient (Wildman–Crippen LogP) is 15.4. The van der Waals surface area contributed by atoms with E-state index in [1.54, 1.807) is 0 Å². The molecule has 0 bridgehead atoms. The zero-order valence-electron chi connectivity index (χ0n) is 58.4. The fraction of sp³-hybridized carbons (Fsp3) is 1.00. The minimum atomic E-state index is -5.39. The van der Waals surface area contributed by atoms with Gasteiger partial charge < -0.3 is 19.2 Å². The second kappa shape index (κ2) is 58.3. The van der Waals surface area contributed by atoms with Gasteiger partial charge in [-0.25, -0.2) is 0 Å². The van der Waals surface area contributed by atoms with Gasteiger partial charge in [-0.05, 0) is 0 Å². The van der Waals surface area contributed by atoms with Crippen LogP contribution in [0.15, 0.2) is 0 Å². The summed E-state index contributed by atoms with van der Waals surface area (Å²) < 4.78 is 15.8. The summed E-state index contributed by atoms with van der Waals surface area (Å²) in [5, 5.41) is 11.9. The number of hydrogen-bond donors (Lipinski definition) is 3. The topological polar surface area (TPSA) is 122 Å². The van der Waals surface area contributed by atoms with Crippen LogP contribution in [-0.4, -0.2) is 197 Å². The van der Waals surface area contributed by atoms with Gasteiger partial charge in [0.25, 0.3) is 0 Å². The van der Waals surface area contributed by atoms with Gasteiger partial charge in [-0.15, -0.1) is 0 Å². The van der Waals surface area contributed by atoms with Gasteiger partial charge in [0.05, 0.1) is 0 Å². The van der Waals surface area contributed by atoms with Crippen LogP contribution in [0, 0.1) is 0 Å². The maximum atomic E-state index is 8.55. The molecule has 0 aromatic heterocycles. The second-order valence-electron chi connectivity index (χ2n) is 27.3. The summed E-state index contributed by atoms with van der Waals surface area (Å²) in [6.45, 7) is 17.5. The standard InChI is InChI=1S/3C22H48N2.3Na.H3O4P/c3*1-7-9-10-11-12-13-14-15-16-17-18-19-21-23-22(3,20-8-2)24(4,5)6;;;;1-5(2,3)4/h3*23H,3,7-21H2,1-2,4-6H3;;;;(H3,1,2,3,4)/q3*+1;;;;/p-3. The minimum Gasteiger partial charge on any atom is -0.822 e. The molecule has 10 nitrogen and oxygen atoms in total. The van der Waals surface area contributed by atoms with Gasteiger partial charge in [0, 0.05) is 0 Å². The first-order chi connectivity index (χ1) is 37.8. The Hall–Kier alpha value is 2.87. The molecule has 0 saturated carbocycles. The van der Waals surface area contributed by atoms with Crippen LogP contribution in [-0.2, 0) is 4.57 Å². The molecule has 14 heteroatoms. The van der Waals surface area contributed by atoms with Crippen molar-refractivity contribution in [1.82, 2.24) is 16.0 Å². The van der Waals surface area contributed by atoms with E-state index in [1.807, 2.05) is 0 Å². The van der Waals surface area contributed by atoms with Crippen molar-refractivity contribution in [2.75, 3.05) is 83.1 Å². The largest absolute Gasteiger partial charge is 0.822 e. The van der Waals surface area contributed by atoms with Crippen molar-refractivity contribution in [3.63, 3.8) is 0 Å². The van der Waals surface area contributed by atoms with Crippen LogP contribution in [0.25, 0.3) is 0 Å². The predicted molar refractivity (Wildman–Crippen MR) is 354 cm³/mol. The summed E-state index contributed by atoms with van der Waals surface area (Å²) in [5.41, 5.74) is 0.955. The molecule has 0 rings (SSSR count). The van der Waals surface area contributed by atoms with Crippen LogP contribution in [0.3, 0.4) is 0 Å². The molecule has 0 heterocycles. The second-order valence-corrected chi connectivity index (χ2v) is 30.4. The normalized spacial score (nSPS) is 14.5. The molecule has 470 valence electrons. The van der Waals surface area contributed by atoms with Gasteiger partial charge in [-0.3, -0.25) is 0 Å². The Morgan fingerprint density at radius 1 is 0.287 bits per heavy atom. The number of unbranched alkanes of at least 4 members (excludes halogenated alkanes) is 33. The van der Waals surface area contributed by atoms with Gasteiger partial charge in [0.1, 0.15) is 0 Å². The van der Waals surface area contributed by atoms with Crippen LogP contribution in [0.2, 0.25) is 11.0 Å². The van der Waals surface area contributed by atoms with Crippen LogP contribution in [0.4, 0.5) is 0 Å². The van der Waals surface area contributed by atoms with Crippen molar-refractivity contribution in [1.29, 1.82) is 0 Å². The molecule has 0 aliphatic rings. The third-order valence-corrected chi connectivity index (χ3v) is 21.6. The molecule has 0 aromatic carbocycles. The van der Waals surface area contributed by atoms with E-state index in [4.69, 9.17) is 19.2 Å². The SMILES string of the molecule is CCCCCCCCCCCCCCNC([CH2][Na])(CCC)[N+](C)(C)C.CCCCCCCCCCCCCCNC([CH2][Na])(CCC)[N+](C)(C)C.CCCCCCCCCCCCCCNC([CH2][Na])(CCC)[N+](C)(C)C.O=P([O-])([O-])[O-]. The average molecular weight is 1190 g/mol. The number of hydrogen-bond acceptors (Lipinski definition) is 7. The molecule has 3 N–H and O–H groups in total. The van der Waals surface area contributed by atoms with Crippen molar-refractivity contribution in [2.45, 2.75) is 339 Å². The molecule has 0 aliphatic heterocycles. The Balaban J connectivity index is -0.000000518. The van der Waals surface area contributed by atoms with E-state index >= 15 is 0 Å². The van der Waals surface area contributed by atoms with E-state index in [0.29, 0.717) is 17.0 Å². The number of quaternary nitrogens is 3. The molecule has 80 heavy (non-hydrogen) atoms. The van der Waals surface area contributed by atoms with Crippen molar-refractivity contribution >= 4 is 91.6 Å². The zero-order valence-corrected chi connectivity index (χ0v) is 65.3. The van der Waals surface area contributed by atoms with E-state index in [1.165, 1.54) is 384 Å². The third kappa shape index (κ3) is 52.8. The van der Waals surface area contributed by atoms with Crippen LogP contribution < -0.4 is 30.6 Å². The van der Waals surface area contributed by atoms with Crippen molar-refractivity contribution in [2.24, 2.45) is 0 Å². The summed E-state index contributed by atoms with van der Waals surface area (Å²) >= 11 is 3.85. The molecule has 3 unspecified atom stereocenters. The Bertz CT molecular complexity index is 1170. The van der Waals surface area contributed by atoms with E-state index in [-0.39, 0.29) is 0 Å². The molecule has 0 aromatic rings. The molecular weight excluding hydrogens is 1040 g/mol. The van der Waals surface area contributed by atoms with Crippen molar-refractivity contribution < 1.29 is 32.7 Å². The molecule has 0 saturated heterocycles. The molecule has 0 aliphatic carbocycles. The summed E-state index contributed by atoms with van der Waals surface area (Å²) in [6.07, 6.45) is 59.4. The maximum Gasteiger partial charge on any atom is -0.159 e. The fourth-order valence-corrected chi connectivity index (χ4v) is 17.1. The Kier molecular flexibility index (Phi) is 65.0. The zero-order chi connectivity index (χ0) is 61.6. The first-order valence-corrected chi connectivity index (χ1v) is 40.9. The number of nitrogens with one attached hydrogen (secondary N) is 3. The summed E-state index contributed by atoms with van der Waals surface area (Å²) in [5.74, 6) is 0. The summed E-state index contributed by atoms with van der Waals surface area (Å²) in [7, 11) is 15.9. The molecule has 0 spiro atoms. The summed E-state index contributed by atoms with van der Waals surface area (Å²) in [6, 6.07) is 0. The molecule has 3 atom stereocenters. The van der Waals surface area contributed by atoms with E-state index in [2.05, 4.69) is 121 Å². The maximum absolute atomic E-state index is 8.55. The van der Waals surface area contributed by atoms with Crippen molar-refractivity contribution in [3.8, 4) is 0 Å². The van der Waals surface area contributed by atoms with Gasteiger partial charge in [0.15, 0.2) is 0 Å². The van der Waals surface area contributed by atoms with Crippen LogP contribution in [0.1, 0.15) is 311 Å². The third-order valence-electron chi connectivity index (χ3n) is 18.1.